The first-order valence-electron chi connectivity index (χ1n) is 6.92. The van der Waals surface area contributed by atoms with E-state index >= 15 is 0 Å². The van der Waals surface area contributed by atoms with E-state index < -0.39 is 0 Å². The molecule has 0 saturated carbocycles. The van der Waals surface area contributed by atoms with Gasteiger partial charge in [0.05, 0.1) is 0 Å². The van der Waals surface area contributed by atoms with Crippen LogP contribution in [-0.4, -0.2) is 60.5 Å². The van der Waals surface area contributed by atoms with E-state index in [-0.39, 0.29) is 0 Å². The molecule has 1 unspecified atom stereocenters. The fraction of sp³-hybridized carbons (Fsp3) is 0.923. The Balaban J connectivity index is 1.97. The first-order valence-corrected chi connectivity index (χ1v) is 6.92. The average Bonchev–Trinajstić information content (AvgIpc) is 2.54. The molecule has 0 bridgehead atoms. The van der Waals surface area contributed by atoms with Crippen LogP contribution in [0.1, 0.15) is 33.1 Å². The Morgan fingerprint density at radius 2 is 2.12 bits per heavy atom. The molecule has 98 valence electrons. The second kappa shape index (κ2) is 5.83. The lowest BCUT2D eigenvalue weighted by Gasteiger charge is -2.40. The molecule has 0 aromatic heterocycles. The molecule has 2 aliphatic rings. The van der Waals surface area contributed by atoms with E-state index in [0.29, 0.717) is 24.4 Å². The largest absolute Gasteiger partial charge is 0.337 e. The zero-order chi connectivity index (χ0) is 12.3. The van der Waals surface area contributed by atoms with Crippen molar-refractivity contribution in [2.24, 2.45) is 0 Å². The smallest absolute Gasteiger partial charge is 0.224 e. The van der Waals surface area contributed by atoms with Crippen LogP contribution in [-0.2, 0) is 4.79 Å². The Labute approximate surface area is 104 Å². The molecule has 2 rings (SSSR count). The Hall–Kier alpha value is -0.610. The van der Waals surface area contributed by atoms with Crippen molar-refractivity contribution in [1.82, 2.24) is 15.1 Å². The highest BCUT2D eigenvalue weighted by Gasteiger charge is 2.29. The molecule has 0 aromatic carbocycles. The normalized spacial score (nSPS) is 28.5. The van der Waals surface area contributed by atoms with E-state index in [1.807, 2.05) is 0 Å². The average molecular weight is 239 g/mol. The third kappa shape index (κ3) is 3.19. The number of carbonyl (C=O) groups excluding carboxylic acids is 1. The molecule has 17 heavy (non-hydrogen) atoms. The van der Waals surface area contributed by atoms with E-state index in [2.05, 4.69) is 29.0 Å². The minimum atomic E-state index is 0.339. The molecule has 4 heteroatoms. The lowest BCUT2D eigenvalue weighted by atomic mass is 10.0. The Morgan fingerprint density at radius 3 is 2.88 bits per heavy atom. The number of rotatable bonds is 2. The standard InChI is InChI=1S/C13H25N3O/c1-11(2)15-8-3-4-12(10-15)16-9-7-14-6-5-13(16)17/h11-12,14H,3-10H2,1-2H3. The van der Waals surface area contributed by atoms with Crippen LogP contribution in [0.5, 0.6) is 0 Å². The highest BCUT2D eigenvalue weighted by molar-refractivity contribution is 5.77. The summed E-state index contributed by atoms with van der Waals surface area (Å²) >= 11 is 0. The van der Waals surface area contributed by atoms with Crippen molar-refractivity contribution in [2.75, 3.05) is 32.7 Å². The van der Waals surface area contributed by atoms with Gasteiger partial charge in [-0.3, -0.25) is 9.69 Å². The molecule has 0 aromatic rings. The highest BCUT2D eigenvalue weighted by atomic mass is 16.2. The second-order valence-electron chi connectivity index (χ2n) is 5.47. The lowest BCUT2D eigenvalue weighted by Crippen LogP contribution is -2.52. The fourth-order valence-corrected chi connectivity index (χ4v) is 2.88. The second-order valence-corrected chi connectivity index (χ2v) is 5.47. The molecule has 1 amide bonds. The van der Waals surface area contributed by atoms with E-state index in [1.54, 1.807) is 0 Å². The van der Waals surface area contributed by atoms with Crippen LogP contribution in [0.15, 0.2) is 0 Å². The number of nitrogens with one attached hydrogen (secondary N) is 1. The predicted octanol–water partition coefficient (Wildman–Crippen LogP) is 0.681. The molecule has 0 aliphatic carbocycles. The van der Waals surface area contributed by atoms with Crippen LogP contribution < -0.4 is 5.32 Å². The van der Waals surface area contributed by atoms with Gasteiger partial charge in [0.2, 0.25) is 5.91 Å². The predicted molar refractivity (Wildman–Crippen MR) is 68.9 cm³/mol. The van der Waals surface area contributed by atoms with Crippen LogP contribution >= 0.6 is 0 Å². The number of nitrogens with zero attached hydrogens (tertiary/aromatic N) is 2. The van der Waals surface area contributed by atoms with Crippen molar-refractivity contribution in [3.8, 4) is 0 Å². The molecular formula is C13H25N3O. The maximum atomic E-state index is 12.1. The van der Waals surface area contributed by atoms with Gasteiger partial charge in [-0.1, -0.05) is 0 Å². The van der Waals surface area contributed by atoms with E-state index in [1.165, 1.54) is 19.4 Å². The summed E-state index contributed by atoms with van der Waals surface area (Å²) in [6.45, 7) is 9.41. The zero-order valence-electron chi connectivity index (χ0n) is 11.1. The Morgan fingerprint density at radius 1 is 1.29 bits per heavy atom. The van der Waals surface area contributed by atoms with Gasteiger partial charge in [0, 0.05) is 44.7 Å². The van der Waals surface area contributed by atoms with E-state index in [9.17, 15) is 4.79 Å². The number of carbonyl (C=O) groups is 1. The van der Waals surface area contributed by atoms with Crippen LogP contribution in [0.3, 0.4) is 0 Å². The molecule has 2 fully saturated rings. The number of amides is 1. The molecule has 4 nitrogen and oxygen atoms in total. The van der Waals surface area contributed by atoms with Crippen molar-refractivity contribution in [2.45, 2.75) is 45.2 Å². The number of hydrogen-bond donors (Lipinski definition) is 1. The van der Waals surface area contributed by atoms with Crippen LogP contribution in [0, 0.1) is 0 Å². The molecule has 0 spiro atoms. The monoisotopic (exact) mass is 239 g/mol. The summed E-state index contributed by atoms with van der Waals surface area (Å²) in [4.78, 5) is 16.7. The number of hydrogen-bond acceptors (Lipinski definition) is 3. The third-order valence-corrected chi connectivity index (χ3v) is 3.96. The van der Waals surface area contributed by atoms with Gasteiger partial charge in [-0.2, -0.15) is 0 Å². The minimum absolute atomic E-state index is 0.339. The van der Waals surface area contributed by atoms with Gasteiger partial charge in [0.25, 0.3) is 0 Å². The van der Waals surface area contributed by atoms with Gasteiger partial charge in [-0.25, -0.2) is 0 Å². The summed E-state index contributed by atoms with van der Waals surface area (Å²) in [5, 5.41) is 3.30. The van der Waals surface area contributed by atoms with Crippen molar-refractivity contribution in [3.63, 3.8) is 0 Å². The molecule has 2 heterocycles. The number of likely N-dealkylation sites (tertiary alicyclic amines) is 1. The highest BCUT2D eigenvalue weighted by Crippen LogP contribution is 2.18. The summed E-state index contributed by atoms with van der Waals surface area (Å²) in [7, 11) is 0. The lowest BCUT2D eigenvalue weighted by molar-refractivity contribution is -0.133. The summed E-state index contributed by atoms with van der Waals surface area (Å²) in [6, 6.07) is 1.04. The van der Waals surface area contributed by atoms with Crippen LogP contribution in [0.4, 0.5) is 0 Å². The Kier molecular flexibility index (Phi) is 4.40. The maximum absolute atomic E-state index is 12.1. The van der Waals surface area contributed by atoms with E-state index in [4.69, 9.17) is 0 Å². The Bertz CT molecular complexity index is 267. The van der Waals surface area contributed by atoms with Crippen LogP contribution in [0.2, 0.25) is 0 Å². The first kappa shape index (κ1) is 12.8. The molecule has 0 radical (unpaired) electrons. The first-order chi connectivity index (χ1) is 8.18. The molecule has 1 N–H and O–H groups in total. The SMILES string of the molecule is CC(C)N1CCCC(N2CCNCCC2=O)C1. The van der Waals surface area contributed by atoms with Gasteiger partial charge < -0.3 is 10.2 Å². The quantitative estimate of drug-likeness (QED) is 0.770. The molecule has 2 saturated heterocycles. The van der Waals surface area contributed by atoms with Crippen molar-refractivity contribution < 1.29 is 4.79 Å². The molecular weight excluding hydrogens is 214 g/mol. The molecule has 2 aliphatic heterocycles. The van der Waals surface area contributed by atoms with Gasteiger partial charge in [-0.15, -0.1) is 0 Å². The van der Waals surface area contributed by atoms with Crippen molar-refractivity contribution in [1.29, 1.82) is 0 Å². The summed E-state index contributed by atoms with van der Waals surface area (Å²) in [5.41, 5.74) is 0. The fourth-order valence-electron chi connectivity index (χ4n) is 2.88. The van der Waals surface area contributed by atoms with Gasteiger partial charge in [0.15, 0.2) is 0 Å². The summed E-state index contributed by atoms with van der Waals surface area (Å²) in [6.07, 6.45) is 3.06. The number of piperidine rings is 1. The minimum Gasteiger partial charge on any atom is -0.337 e. The summed E-state index contributed by atoms with van der Waals surface area (Å²) in [5.74, 6) is 0.339. The maximum Gasteiger partial charge on any atom is 0.224 e. The zero-order valence-corrected chi connectivity index (χ0v) is 11.1. The van der Waals surface area contributed by atoms with Gasteiger partial charge >= 0.3 is 0 Å². The van der Waals surface area contributed by atoms with E-state index in [0.717, 1.165) is 26.2 Å². The van der Waals surface area contributed by atoms with Crippen molar-refractivity contribution >= 4 is 5.91 Å². The summed E-state index contributed by atoms with van der Waals surface area (Å²) < 4.78 is 0. The third-order valence-electron chi connectivity index (χ3n) is 3.96. The topological polar surface area (TPSA) is 35.6 Å². The van der Waals surface area contributed by atoms with Crippen LogP contribution in [0.25, 0.3) is 0 Å². The van der Waals surface area contributed by atoms with Gasteiger partial charge in [-0.05, 0) is 33.2 Å². The molecule has 1 atom stereocenters. The van der Waals surface area contributed by atoms with Crippen molar-refractivity contribution in [3.05, 3.63) is 0 Å². The van der Waals surface area contributed by atoms with Gasteiger partial charge in [0.1, 0.15) is 0 Å².